The molecule has 3 unspecified atom stereocenters. The van der Waals surface area contributed by atoms with Crippen LogP contribution in [0.1, 0.15) is 19.8 Å². The first-order valence-electron chi connectivity index (χ1n) is 3.65. The topological polar surface area (TPSA) is 3.01 Å². The van der Waals surface area contributed by atoms with E-state index in [1.54, 1.807) is 0 Å². The molecule has 2 aliphatic heterocycles. The SMILES string of the molecule is CCC12CC1[C@H]1CN12. The van der Waals surface area contributed by atoms with Gasteiger partial charge in [0.15, 0.2) is 0 Å². The van der Waals surface area contributed by atoms with Crippen LogP contribution in [-0.4, -0.2) is 23.0 Å². The Hall–Kier alpha value is -0.0400. The van der Waals surface area contributed by atoms with Crippen molar-refractivity contribution in [3.05, 3.63) is 0 Å². The molecular weight excluding hydrogens is 98.1 g/mol. The van der Waals surface area contributed by atoms with Crippen molar-refractivity contribution in [2.45, 2.75) is 31.3 Å². The summed E-state index contributed by atoms with van der Waals surface area (Å²) in [5, 5.41) is 0. The van der Waals surface area contributed by atoms with Crippen LogP contribution in [0.15, 0.2) is 0 Å². The fraction of sp³-hybridized carbons (Fsp3) is 1.00. The quantitative estimate of drug-likeness (QED) is 0.451. The fourth-order valence-electron chi connectivity index (χ4n) is 2.68. The van der Waals surface area contributed by atoms with Gasteiger partial charge in [0.05, 0.1) is 0 Å². The van der Waals surface area contributed by atoms with E-state index in [0.29, 0.717) is 0 Å². The van der Waals surface area contributed by atoms with Gasteiger partial charge in [0.1, 0.15) is 0 Å². The first-order chi connectivity index (χ1) is 3.88. The van der Waals surface area contributed by atoms with Crippen LogP contribution in [0.25, 0.3) is 0 Å². The second kappa shape index (κ2) is 0.766. The molecule has 2 saturated heterocycles. The molecule has 44 valence electrons. The Kier molecular flexibility index (Phi) is 0.372. The van der Waals surface area contributed by atoms with Gasteiger partial charge in [-0.2, -0.15) is 0 Å². The molecule has 3 fully saturated rings. The molecule has 0 bridgehead atoms. The Balaban J connectivity index is 1.95. The van der Waals surface area contributed by atoms with Gasteiger partial charge in [-0.15, -0.1) is 0 Å². The normalized spacial score (nSPS) is 72.4. The lowest BCUT2D eigenvalue weighted by molar-refractivity contribution is 0.224. The molecule has 0 aromatic heterocycles. The Morgan fingerprint density at radius 1 is 1.75 bits per heavy atom. The Labute approximate surface area is 49.7 Å². The van der Waals surface area contributed by atoms with Crippen molar-refractivity contribution in [2.75, 3.05) is 6.54 Å². The van der Waals surface area contributed by atoms with E-state index >= 15 is 0 Å². The van der Waals surface area contributed by atoms with Gasteiger partial charge in [-0.05, 0) is 18.8 Å². The number of hydrogen-bond acceptors (Lipinski definition) is 1. The number of nitrogens with zero attached hydrogens (tertiary/aromatic N) is 1. The van der Waals surface area contributed by atoms with Crippen LogP contribution in [0.4, 0.5) is 0 Å². The molecule has 0 spiro atoms. The van der Waals surface area contributed by atoms with E-state index in [9.17, 15) is 0 Å². The maximum absolute atomic E-state index is 2.66. The van der Waals surface area contributed by atoms with Crippen molar-refractivity contribution in [3.63, 3.8) is 0 Å². The van der Waals surface area contributed by atoms with Gasteiger partial charge in [0, 0.05) is 18.1 Å². The lowest BCUT2D eigenvalue weighted by Gasteiger charge is -2.25. The molecule has 1 saturated carbocycles. The summed E-state index contributed by atoms with van der Waals surface area (Å²) in [5.74, 6) is 1.16. The number of piperidine rings is 1. The summed E-state index contributed by atoms with van der Waals surface area (Å²) in [6.45, 7) is 3.77. The molecule has 2 heterocycles. The van der Waals surface area contributed by atoms with E-state index in [1.165, 1.54) is 19.4 Å². The van der Waals surface area contributed by atoms with Crippen molar-refractivity contribution in [3.8, 4) is 0 Å². The number of rotatable bonds is 1. The van der Waals surface area contributed by atoms with Crippen LogP contribution in [0.5, 0.6) is 0 Å². The third-order valence-corrected chi connectivity index (χ3v) is 3.40. The highest BCUT2D eigenvalue weighted by atomic mass is 15.5. The Morgan fingerprint density at radius 3 is 2.88 bits per heavy atom. The van der Waals surface area contributed by atoms with Crippen LogP contribution in [0, 0.1) is 5.92 Å². The van der Waals surface area contributed by atoms with Crippen LogP contribution in [-0.2, 0) is 0 Å². The summed E-state index contributed by atoms with van der Waals surface area (Å²) in [6.07, 6.45) is 2.95. The van der Waals surface area contributed by atoms with Gasteiger partial charge in [0.25, 0.3) is 0 Å². The summed E-state index contributed by atoms with van der Waals surface area (Å²) in [5.41, 5.74) is 0.796. The van der Waals surface area contributed by atoms with Crippen LogP contribution in [0.3, 0.4) is 0 Å². The third kappa shape index (κ3) is 0.188. The first kappa shape index (κ1) is 3.89. The van der Waals surface area contributed by atoms with Crippen molar-refractivity contribution in [1.82, 2.24) is 4.90 Å². The first-order valence-corrected chi connectivity index (χ1v) is 3.65. The van der Waals surface area contributed by atoms with Crippen molar-refractivity contribution in [1.29, 1.82) is 0 Å². The highest BCUT2D eigenvalue weighted by molar-refractivity contribution is 5.33. The van der Waals surface area contributed by atoms with Crippen LogP contribution < -0.4 is 0 Å². The third-order valence-electron chi connectivity index (χ3n) is 3.40. The minimum atomic E-state index is 0.796. The minimum Gasteiger partial charge on any atom is -0.291 e. The summed E-state index contributed by atoms with van der Waals surface area (Å²) in [7, 11) is 0. The maximum Gasteiger partial charge on any atom is 0.0276 e. The lowest BCUT2D eigenvalue weighted by Crippen LogP contribution is -2.34. The maximum atomic E-state index is 2.66. The molecule has 3 rings (SSSR count). The van der Waals surface area contributed by atoms with Crippen molar-refractivity contribution < 1.29 is 0 Å². The molecule has 4 atom stereocenters. The standard InChI is InChI=1S/C7H11N/c1-2-7-3-5(7)6-4-8(6)7/h5-6H,2-4H2,1H3/t5?,6-,7?,8?/m1/s1. The zero-order valence-electron chi connectivity index (χ0n) is 5.22. The van der Waals surface area contributed by atoms with Crippen molar-refractivity contribution in [2.24, 2.45) is 5.92 Å². The Bertz CT molecular complexity index is 142. The lowest BCUT2D eigenvalue weighted by atomic mass is 10.0. The van der Waals surface area contributed by atoms with Gasteiger partial charge in [-0.3, -0.25) is 4.90 Å². The molecule has 1 heteroatoms. The molecular formula is C7H11N. The smallest absolute Gasteiger partial charge is 0.0276 e. The van der Waals surface area contributed by atoms with Gasteiger partial charge in [-0.1, -0.05) is 6.92 Å². The molecule has 0 aromatic rings. The van der Waals surface area contributed by atoms with E-state index in [2.05, 4.69) is 11.8 Å². The molecule has 1 nitrogen and oxygen atoms in total. The molecule has 8 heavy (non-hydrogen) atoms. The summed E-state index contributed by atoms with van der Waals surface area (Å²) < 4.78 is 0. The van der Waals surface area contributed by atoms with Crippen molar-refractivity contribution >= 4 is 0 Å². The molecule has 3 aliphatic rings. The average molecular weight is 109 g/mol. The number of fused-ring (bicyclic) bond motifs is 4. The monoisotopic (exact) mass is 109 g/mol. The predicted molar refractivity (Wildman–Crippen MR) is 31.6 cm³/mol. The Morgan fingerprint density at radius 2 is 2.62 bits per heavy atom. The van der Waals surface area contributed by atoms with E-state index in [4.69, 9.17) is 0 Å². The van der Waals surface area contributed by atoms with E-state index in [1.807, 2.05) is 0 Å². The number of hydrogen-bond donors (Lipinski definition) is 0. The van der Waals surface area contributed by atoms with E-state index in [0.717, 1.165) is 17.5 Å². The predicted octanol–water partition coefficient (Wildman–Crippen LogP) is 0.853. The molecule has 1 aliphatic carbocycles. The van der Waals surface area contributed by atoms with Gasteiger partial charge in [0.2, 0.25) is 0 Å². The fourth-order valence-corrected chi connectivity index (χ4v) is 2.68. The van der Waals surface area contributed by atoms with Gasteiger partial charge >= 0.3 is 0 Å². The van der Waals surface area contributed by atoms with E-state index in [-0.39, 0.29) is 0 Å². The van der Waals surface area contributed by atoms with Crippen LogP contribution in [0.2, 0.25) is 0 Å². The molecule has 0 N–H and O–H groups in total. The summed E-state index contributed by atoms with van der Waals surface area (Å²) in [6, 6.07) is 1.08. The highest BCUT2D eigenvalue weighted by Crippen LogP contribution is 2.70. The summed E-state index contributed by atoms with van der Waals surface area (Å²) in [4.78, 5) is 2.66. The zero-order chi connectivity index (χ0) is 5.35. The summed E-state index contributed by atoms with van der Waals surface area (Å²) >= 11 is 0. The van der Waals surface area contributed by atoms with Gasteiger partial charge in [-0.25, -0.2) is 0 Å². The molecule has 0 radical (unpaired) electrons. The second-order valence-corrected chi connectivity index (χ2v) is 3.49. The molecule has 0 aromatic carbocycles. The van der Waals surface area contributed by atoms with Crippen LogP contribution >= 0.6 is 0 Å². The zero-order valence-corrected chi connectivity index (χ0v) is 5.22. The van der Waals surface area contributed by atoms with E-state index < -0.39 is 0 Å². The highest BCUT2D eigenvalue weighted by Gasteiger charge is 2.78. The minimum absolute atomic E-state index is 0.796. The second-order valence-electron chi connectivity index (χ2n) is 3.49. The average Bonchev–Trinajstić information content (AvgIpc) is 2.47. The molecule has 0 amide bonds. The van der Waals surface area contributed by atoms with Gasteiger partial charge < -0.3 is 0 Å². The largest absolute Gasteiger partial charge is 0.291 e.